The van der Waals surface area contributed by atoms with Crippen molar-refractivity contribution in [3.63, 3.8) is 0 Å². The standard InChI is InChI=1S/C36H38N4O3/c1-5-17-37-29-21-25(9-13-33(29)41)27-11-15-35(31(23-27)39-19-7-3)43-36-16-12-28(24-32(36)40-20-8-4)26-10-14-34(42)30(22-26)38-18-6-2/h5-16,21-24,37-42H,1-4,17-20H2. The Labute approximate surface area is 253 Å². The predicted octanol–water partition coefficient (Wildman–Crippen LogP) is 8.62. The summed E-state index contributed by atoms with van der Waals surface area (Å²) in [5.41, 5.74) is 6.63. The Morgan fingerprint density at radius 3 is 1.12 bits per heavy atom. The Balaban J connectivity index is 1.68. The number of rotatable bonds is 16. The van der Waals surface area contributed by atoms with Gasteiger partial charge in [0, 0.05) is 26.2 Å². The third kappa shape index (κ3) is 7.80. The summed E-state index contributed by atoms with van der Waals surface area (Å²) in [6.45, 7) is 17.3. The van der Waals surface area contributed by atoms with Crippen molar-refractivity contribution in [1.29, 1.82) is 0 Å². The van der Waals surface area contributed by atoms with E-state index in [1.54, 1.807) is 36.4 Å². The van der Waals surface area contributed by atoms with Gasteiger partial charge in [-0.25, -0.2) is 0 Å². The Bertz CT molecular complexity index is 1490. The first kappa shape index (κ1) is 30.4. The van der Waals surface area contributed by atoms with Crippen LogP contribution in [0.4, 0.5) is 22.7 Å². The van der Waals surface area contributed by atoms with Gasteiger partial charge in [0.05, 0.1) is 22.7 Å². The predicted molar refractivity (Wildman–Crippen MR) is 182 cm³/mol. The van der Waals surface area contributed by atoms with Gasteiger partial charge in [-0.05, 0) is 70.8 Å². The second kappa shape index (κ2) is 14.9. The van der Waals surface area contributed by atoms with Crippen LogP contribution in [0.2, 0.25) is 0 Å². The molecule has 0 aromatic heterocycles. The SMILES string of the molecule is C=CCNc1cc(-c2ccc(Oc3ccc(-c4ccc(O)c(NCC=C)c4)cc3NCC=C)c(NCC=C)c2)ccc1O. The summed E-state index contributed by atoms with van der Waals surface area (Å²) >= 11 is 0. The molecule has 0 radical (unpaired) electrons. The minimum absolute atomic E-state index is 0.176. The Morgan fingerprint density at radius 2 is 0.767 bits per heavy atom. The van der Waals surface area contributed by atoms with Crippen molar-refractivity contribution in [2.75, 3.05) is 47.4 Å². The van der Waals surface area contributed by atoms with Crippen LogP contribution in [0.1, 0.15) is 0 Å². The van der Waals surface area contributed by atoms with Gasteiger partial charge in [0.1, 0.15) is 11.5 Å². The van der Waals surface area contributed by atoms with E-state index >= 15 is 0 Å². The van der Waals surface area contributed by atoms with Crippen molar-refractivity contribution in [3.05, 3.63) is 123 Å². The molecular formula is C36H38N4O3. The van der Waals surface area contributed by atoms with Gasteiger partial charge in [-0.1, -0.05) is 48.6 Å². The molecule has 0 aliphatic carbocycles. The molecule has 0 bridgehead atoms. The van der Waals surface area contributed by atoms with Crippen LogP contribution >= 0.6 is 0 Å². The first-order valence-electron chi connectivity index (χ1n) is 14.0. The van der Waals surface area contributed by atoms with E-state index in [4.69, 9.17) is 4.74 Å². The fourth-order valence-corrected chi connectivity index (χ4v) is 4.43. The second-order valence-electron chi connectivity index (χ2n) is 9.67. The van der Waals surface area contributed by atoms with E-state index in [0.29, 0.717) is 49.1 Å². The number of anilines is 4. The minimum Gasteiger partial charge on any atom is -0.506 e. The average molecular weight is 575 g/mol. The lowest BCUT2D eigenvalue weighted by molar-refractivity contribution is 0.477. The Kier molecular flexibility index (Phi) is 10.5. The van der Waals surface area contributed by atoms with Crippen LogP contribution in [-0.2, 0) is 0 Å². The van der Waals surface area contributed by atoms with Gasteiger partial charge < -0.3 is 36.2 Å². The molecule has 0 aliphatic heterocycles. The van der Waals surface area contributed by atoms with E-state index in [1.807, 2.05) is 60.7 Å². The molecule has 0 amide bonds. The molecule has 4 aromatic rings. The summed E-state index contributed by atoms with van der Waals surface area (Å²) in [6.07, 6.45) is 7.06. The Morgan fingerprint density at radius 1 is 0.465 bits per heavy atom. The minimum atomic E-state index is 0.176. The highest BCUT2D eigenvalue weighted by Crippen LogP contribution is 2.40. The van der Waals surface area contributed by atoms with Gasteiger partial charge in [0.25, 0.3) is 0 Å². The Hall–Kier alpha value is -5.56. The molecule has 0 fully saturated rings. The monoisotopic (exact) mass is 574 g/mol. The van der Waals surface area contributed by atoms with Crippen molar-refractivity contribution in [2.24, 2.45) is 0 Å². The van der Waals surface area contributed by atoms with E-state index in [2.05, 4.69) is 47.6 Å². The van der Waals surface area contributed by atoms with Gasteiger partial charge in [0.2, 0.25) is 0 Å². The van der Waals surface area contributed by atoms with E-state index < -0.39 is 0 Å². The summed E-state index contributed by atoms with van der Waals surface area (Å²) in [6, 6.07) is 22.8. The summed E-state index contributed by atoms with van der Waals surface area (Å²) in [5.74, 6) is 1.64. The fraction of sp³-hybridized carbons (Fsp3) is 0.111. The molecule has 0 unspecified atom stereocenters. The van der Waals surface area contributed by atoms with Crippen molar-refractivity contribution >= 4 is 22.7 Å². The van der Waals surface area contributed by atoms with Crippen molar-refractivity contribution in [1.82, 2.24) is 0 Å². The molecular weight excluding hydrogens is 536 g/mol. The molecule has 43 heavy (non-hydrogen) atoms. The molecule has 4 rings (SSSR count). The molecule has 0 saturated carbocycles. The highest BCUT2D eigenvalue weighted by Gasteiger charge is 2.14. The van der Waals surface area contributed by atoms with Crippen molar-refractivity contribution < 1.29 is 14.9 Å². The third-order valence-corrected chi connectivity index (χ3v) is 6.59. The first-order valence-corrected chi connectivity index (χ1v) is 14.0. The average Bonchev–Trinajstić information content (AvgIpc) is 3.03. The molecule has 7 nitrogen and oxygen atoms in total. The molecule has 0 atom stereocenters. The lowest BCUT2D eigenvalue weighted by atomic mass is 10.0. The summed E-state index contributed by atoms with van der Waals surface area (Å²) in [5, 5.41) is 33.6. The lowest BCUT2D eigenvalue weighted by Crippen LogP contribution is -2.03. The normalized spacial score (nSPS) is 10.3. The summed E-state index contributed by atoms with van der Waals surface area (Å²) in [4.78, 5) is 0. The van der Waals surface area contributed by atoms with Gasteiger partial charge >= 0.3 is 0 Å². The highest BCUT2D eigenvalue weighted by molar-refractivity contribution is 5.79. The number of nitrogens with one attached hydrogen (secondary N) is 4. The van der Waals surface area contributed by atoms with Crippen LogP contribution in [0, 0.1) is 0 Å². The number of aromatic hydroxyl groups is 2. The van der Waals surface area contributed by atoms with E-state index in [0.717, 1.165) is 33.6 Å². The quantitative estimate of drug-likeness (QED) is 0.0589. The van der Waals surface area contributed by atoms with Crippen LogP contribution in [0.15, 0.2) is 123 Å². The van der Waals surface area contributed by atoms with Crippen molar-refractivity contribution in [3.8, 4) is 45.3 Å². The number of phenols is 2. The molecule has 4 aromatic carbocycles. The molecule has 220 valence electrons. The number of hydrogen-bond donors (Lipinski definition) is 6. The largest absolute Gasteiger partial charge is 0.506 e. The van der Waals surface area contributed by atoms with E-state index in [1.165, 1.54) is 0 Å². The molecule has 7 heteroatoms. The summed E-state index contributed by atoms with van der Waals surface area (Å²) in [7, 11) is 0. The molecule has 0 aliphatic rings. The molecule has 0 saturated heterocycles. The third-order valence-electron chi connectivity index (χ3n) is 6.59. The number of hydrogen-bond acceptors (Lipinski definition) is 7. The van der Waals surface area contributed by atoms with Crippen LogP contribution in [-0.4, -0.2) is 36.4 Å². The number of ether oxygens (including phenoxy) is 1. The fourth-order valence-electron chi connectivity index (χ4n) is 4.43. The van der Waals surface area contributed by atoms with Crippen molar-refractivity contribution in [2.45, 2.75) is 0 Å². The topological polar surface area (TPSA) is 97.8 Å². The smallest absolute Gasteiger partial charge is 0.150 e. The van der Waals surface area contributed by atoms with Gasteiger partial charge in [0.15, 0.2) is 11.5 Å². The molecule has 6 N–H and O–H groups in total. The zero-order valence-corrected chi connectivity index (χ0v) is 24.2. The lowest BCUT2D eigenvalue weighted by Gasteiger charge is -2.18. The number of benzene rings is 4. The maximum atomic E-state index is 10.3. The zero-order chi connectivity index (χ0) is 30.6. The van der Waals surface area contributed by atoms with E-state index in [-0.39, 0.29) is 11.5 Å². The van der Waals surface area contributed by atoms with Crippen LogP contribution in [0.25, 0.3) is 22.3 Å². The molecule has 0 heterocycles. The summed E-state index contributed by atoms with van der Waals surface area (Å²) < 4.78 is 6.49. The van der Waals surface area contributed by atoms with Crippen LogP contribution in [0.3, 0.4) is 0 Å². The van der Waals surface area contributed by atoms with Crippen LogP contribution < -0.4 is 26.0 Å². The number of phenolic OH excluding ortho intramolecular Hbond substituents is 2. The molecule has 0 spiro atoms. The van der Waals surface area contributed by atoms with E-state index in [9.17, 15) is 10.2 Å². The van der Waals surface area contributed by atoms with Crippen LogP contribution in [0.5, 0.6) is 23.0 Å². The highest BCUT2D eigenvalue weighted by atomic mass is 16.5. The second-order valence-corrected chi connectivity index (χ2v) is 9.67. The first-order chi connectivity index (χ1) is 21.0. The van der Waals surface area contributed by atoms with Gasteiger partial charge in [-0.3, -0.25) is 0 Å². The van der Waals surface area contributed by atoms with Gasteiger partial charge in [-0.15, -0.1) is 26.3 Å². The maximum Gasteiger partial charge on any atom is 0.150 e. The maximum absolute atomic E-state index is 10.3. The van der Waals surface area contributed by atoms with Gasteiger partial charge in [-0.2, -0.15) is 0 Å². The zero-order valence-electron chi connectivity index (χ0n) is 24.2.